The number of carbonyl (C=O) groups excluding carboxylic acids is 2. The van der Waals surface area contributed by atoms with E-state index in [1.807, 2.05) is 22.6 Å². The van der Waals surface area contributed by atoms with Crippen molar-refractivity contribution in [2.45, 2.75) is 0 Å². The molecule has 2 aromatic carbocycles. The van der Waals surface area contributed by atoms with E-state index in [1.54, 1.807) is 24.3 Å². The van der Waals surface area contributed by atoms with Gasteiger partial charge in [0.05, 0.1) is 23.2 Å². The van der Waals surface area contributed by atoms with Gasteiger partial charge in [-0.05, 0) is 40.8 Å². The third-order valence-corrected chi connectivity index (χ3v) is 4.40. The van der Waals surface area contributed by atoms with Crippen LogP contribution < -0.4 is 10.7 Å². The molecule has 2 rings (SSSR count). The summed E-state index contributed by atoms with van der Waals surface area (Å²) in [5.41, 5.74) is 2.81. The van der Waals surface area contributed by atoms with Gasteiger partial charge in [0.1, 0.15) is 0 Å². The fourth-order valence-corrected chi connectivity index (χ4v) is 2.66. The lowest BCUT2D eigenvalue weighted by molar-refractivity contribution is -0.384. The summed E-state index contributed by atoms with van der Waals surface area (Å²) >= 11 is 7.94. The quantitative estimate of drug-likeness (QED) is 0.283. The van der Waals surface area contributed by atoms with E-state index in [0.717, 1.165) is 3.57 Å². The molecule has 0 spiro atoms. The van der Waals surface area contributed by atoms with Crippen LogP contribution in [0.15, 0.2) is 47.6 Å². The van der Waals surface area contributed by atoms with Gasteiger partial charge in [-0.1, -0.05) is 23.7 Å². The van der Waals surface area contributed by atoms with Crippen LogP contribution in [0, 0.1) is 13.7 Å². The normalized spacial score (nSPS) is 10.5. The molecule has 134 valence electrons. The van der Waals surface area contributed by atoms with Gasteiger partial charge < -0.3 is 5.32 Å². The number of nitro groups is 1. The number of hydrogen-bond donors (Lipinski definition) is 2. The van der Waals surface area contributed by atoms with Crippen LogP contribution in [0.5, 0.6) is 0 Å². The van der Waals surface area contributed by atoms with Crippen molar-refractivity contribution in [2.24, 2.45) is 5.10 Å². The molecule has 0 saturated carbocycles. The van der Waals surface area contributed by atoms with E-state index >= 15 is 0 Å². The molecule has 0 aliphatic carbocycles. The summed E-state index contributed by atoms with van der Waals surface area (Å²) in [5, 5.41) is 17.2. The van der Waals surface area contributed by atoms with Crippen LogP contribution in [0.1, 0.15) is 15.9 Å². The molecule has 0 atom stereocenters. The molecular formula is C16H12ClIN4O4. The lowest BCUT2D eigenvalue weighted by atomic mass is 10.2. The molecule has 2 amide bonds. The molecule has 10 heteroatoms. The van der Waals surface area contributed by atoms with Gasteiger partial charge in [0.25, 0.3) is 17.5 Å². The highest BCUT2D eigenvalue weighted by atomic mass is 127. The fraction of sp³-hybridized carbons (Fsp3) is 0.0625. The number of non-ortho nitro benzene ring substituents is 1. The zero-order valence-corrected chi connectivity index (χ0v) is 16.0. The van der Waals surface area contributed by atoms with Crippen LogP contribution in [-0.2, 0) is 4.79 Å². The predicted octanol–water partition coefficient (Wildman–Crippen LogP) is 2.73. The average Bonchev–Trinajstić information content (AvgIpc) is 2.61. The molecule has 0 aliphatic rings. The molecule has 8 nitrogen and oxygen atoms in total. The Bertz CT molecular complexity index is 888. The summed E-state index contributed by atoms with van der Waals surface area (Å²) in [4.78, 5) is 33.9. The number of hydrogen-bond acceptors (Lipinski definition) is 5. The van der Waals surface area contributed by atoms with Crippen LogP contribution in [0.4, 0.5) is 5.69 Å². The molecule has 2 aromatic rings. The fourth-order valence-electron chi connectivity index (χ4n) is 1.86. The lowest BCUT2D eigenvalue weighted by Gasteiger charge is -2.05. The van der Waals surface area contributed by atoms with Crippen molar-refractivity contribution in [3.05, 3.63) is 72.3 Å². The van der Waals surface area contributed by atoms with E-state index in [1.165, 1.54) is 24.4 Å². The maximum absolute atomic E-state index is 12.0. The predicted molar refractivity (Wildman–Crippen MR) is 105 cm³/mol. The number of rotatable bonds is 6. The minimum Gasteiger partial charge on any atom is -0.343 e. The van der Waals surface area contributed by atoms with Gasteiger partial charge in [0.2, 0.25) is 0 Å². The number of nitrogens with zero attached hydrogens (tertiary/aromatic N) is 2. The molecule has 2 N–H and O–H groups in total. The van der Waals surface area contributed by atoms with E-state index in [-0.39, 0.29) is 28.7 Å². The molecule has 0 radical (unpaired) electrons. The molecule has 0 unspecified atom stereocenters. The molecule has 0 heterocycles. The Labute approximate surface area is 166 Å². The summed E-state index contributed by atoms with van der Waals surface area (Å²) < 4.78 is 0.765. The smallest absolute Gasteiger partial charge is 0.270 e. The monoisotopic (exact) mass is 486 g/mol. The molecule has 0 fully saturated rings. The largest absolute Gasteiger partial charge is 0.343 e. The molecular weight excluding hydrogens is 475 g/mol. The first-order valence-corrected chi connectivity index (χ1v) is 8.62. The molecule has 0 saturated heterocycles. The van der Waals surface area contributed by atoms with Crippen molar-refractivity contribution >= 4 is 57.9 Å². The number of halogens is 2. The van der Waals surface area contributed by atoms with Gasteiger partial charge in [-0.25, -0.2) is 5.43 Å². The summed E-state index contributed by atoms with van der Waals surface area (Å²) in [6, 6.07) is 10.8. The van der Waals surface area contributed by atoms with E-state index < -0.39 is 10.8 Å². The third-order valence-electron chi connectivity index (χ3n) is 3.11. The zero-order chi connectivity index (χ0) is 19.1. The van der Waals surface area contributed by atoms with Gasteiger partial charge in [0.15, 0.2) is 0 Å². The minimum atomic E-state index is -0.563. The average molecular weight is 487 g/mol. The second-order valence-electron chi connectivity index (χ2n) is 4.92. The first kappa shape index (κ1) is 19.8. The Kier molecular flexibility index (Phi) is 7.04. The Morgan fingerprint density at radius 3 is 2.69 bits per heavy atom. The summed E-state index contributed by atoms with van der Waals surface area (Å²) in [7, 11) is 0. The second kappa shape index (κ2) is 9.25. The summed E-state index contributed by atoms with van der Waals surface area (Å²) in [5.74, 6) is -0.932. The Balaban J connectivity index is 1.90. The van der Waals surface area contributed by atoms with Crippen molar-refractivity contribution in [3.8, 4) is 0 Å². The van der Waals surface area contributed by atoms with Crippen LogP contribution in [0.25, 0.3) is 0 Å². The number of hydrazone groups is 1. The number of nitro benzene ring substituents is 1. The van der Waals surface area contributed by atoms with Crippen LogP contribution in [0.3, 0.4) is 0 Å². The van der Waals surface area contributed by atoms with Crippen molar-refractivity contribution < 1.29 is 14.5 Å². The van der Waals surface area contributed by atoms with E-state index in [9.17, 15) is 19.7 Å². The van der Waals surface area contributed by atoms with E-state index in [0.29, 0.717) is 5.56 Å². The Hall–Kier alpha value is -2.53. The Morgan fingerprint density at radius 2 is 2.00 bits per heavy atom. The number of nitrogens with one attached hydrogen (secondary N) is 2. The van der Waals surface area contributed by atoms with Crippen molar-refractivity contribution in [1.29, 1.82) is 0 Å². The zero-order valence-electron chi connectivity index (χ0n) is 13.1. The van der Waals surface area contributed by atoms with Crippen molar-refractivity contribution in [2.75, 3.05) is 6.54 Å². The van der Waals surface area contributed by atoms with Gasteiger partial charge >= 0.3 is 0 Å². The van der Waals surface area contributed by atoms with Crippen LogP contribution in [-0.4, -0.2) is 29.5 Å². The molecule has 26 heavy (non-hydrogen) atoms. The van der Waals surface area contributed by atoms with Crippen molar-refractivity contribution in [1.82, 2.24) is 10.7 Å². The summed E-state index contributed by atoms with van der Waals surface area (Å²) in [6.45, 7) is -0.274. The summed E-state index contributed by atoms with van der Waals surface area (Å²) in [6.07, 6.45) is 1.19. The van der Waals surface area contributed by atoms with Gasteiger partial charge in [-0.3, -0.25) is 19.7 Å². The van der Waals surface area contributed by atoms with Crippen molar-refractivity contribution in [3.63, 3.8) is 0 Å². The standard InChI is InChI=1S/C16H12ClIN4O4/c17-13-6-5-11(22(25)26)7-10(13)8-20-21-15(23)9-19-16(24)12-3-1-2-4-14(12)18/h1-8H,9H2,(H,19,24)(H,21,23)/b20-8+. The highest BCUT2D eigenvalue weighted by molar-refractivity contribution is 14.1. The SMILES string of the molecule is O=C(CNC(=O)c1ccccc1I)N/N=C/c1cc([N+](=O)[O-])ccc1Cl. The maximum Gasteiger partial charge on any atom is 0.270 e. The highest BCUT2D eigenvalue weighted by Gasteiger charge is 2.11. The van der Waals surface area contributed by atoms with Crippen LogP contribution in [0.2, 0.25) is 5.02 Å². The van der Waals surface area contributed by atoms with Crippen LogP contribution >= 0.6 is 34.2 Å². The van der Waals surface area contributed by atoms with Gasteiger partial charge in [-0.2, -0.15) is 5.10 Å². The second-order valence-corrected chi connectivity index (χ2v) is 6.49. The van der Waals surface area contributed by atoms with E-state index in [4.69, 9.17) is 11.6 Å². The molecule has 0 aromatic heterocycles. The number of amides is 2. The van der Waals surface area contributed by atoms with Gasteiger partial charge in [0, 0.05) is 26.3 Å². The third kappa shape index (κ3) is 5.49. The first-order valence-electron chi connectivity index (χ1n) is 7.17. The lowest BCUT2D eigenvalue weighted by Crippen LogP contribution is -2.35. The molecule has 0 bridgehead atoms. The van der Waals surface area contributed by atoms with E-state index in [2.05, 4.69) is 15.8 Å². The Morgan fingerprint density at radius 1 is 1.27 bits per heavy atom. The number of benzene rings is 2. The number of carbonyl (C=O) groups is 2. The highest BCUT2D eigenvalue weighted by Crippen LogP contribution is 2.20. The maximum atomic E-state index is 12.0. The van der Waals surface area contributed by atoms with Gasteiger partial charge in [-0.15, -0.1) is 0 Å². The molecule has 0 aliphatic heterocycles. The topological polar surface area (TPSA) is 114 Å². The minimum absolute atomic E-state index is 0.146. The first-order chi connectivity index (χ1) is 12.4.